The van der Waals surface area contributed by atoms with Gasteiger partial charge in [-0.15, -0.1) is 11.3 Å². The fourth-order valence-corrected chi connectivity index (χ4v) is 2.32. The molecule has 1 aromatic heterocycles. The molecule has 1 aromatic carbocycles. The van der Waals surface area contributed by atoms with Crippen molar-refractivity contribution < 1.29 is 4.39 Å². The lowest BCUT2D eigenvalue weighted by Crippen LogP contribution is -2.11. The van der Waals surface area contributed by atoms with E-state index in [2.05, 4.69) is 17.2 Å². The minimum atomic E-state index is -0.175. The normalized spacial score (nSPS) is 10.8. The van der Waals surface area contributed by atoms with Gasteiger partial charge in [0.25, 0.3) is 0 Å². The fraction of sp³-hybridized carbons (Fsp3) is 0.308. The summed E-state index contributed by atoms with van der Waals surface area (Å²) in [6.45, 7) is 5.51. The molecule has 1 N–H and O–H groups in total. The highest BCUT2D eigenvalue weighted by atomic mass is 32.1. The van der Waals surface area contributed by atoms with Gasteiger partial charge in [-0.25, -0.2) is 9.37 Å². The van der Waals surface area contributed by atoms with Gasteiger partial charge >= 0.3 is 0 Å². The van der Waals surface area contributed by atoms with Crippen molar-refractivity contribution in [3.8, 4) is 10.6 Å². The molecule has 0 saturated carbocycles. The number of aromatic nitrogens is 1. The maximum absolute atomic E-state index is 13.4. The molecular formula is C13H15FN2S. The van der Waals surface area contributed by atoms with Gasteiger partial charge in [0.05, 0.1) is 5.69 Å². The summed E-state index contributed by atoms with van der Waals surface area (Å²) in [5, 5.41) is 6.10. The van der Waals surface area contributed by atoms with E-state index in [1.54, 1.807) is 30.4 Å². The van der Waals surface area contributed by atoms with Crippen LogP contribution >= 0.6 is 11.3 Å². The summed E-state index contributed by atoms with van der Waals surface area (Å²) < 4.78 is 13.4. The smallest absolute Gasteiger partial charge is 0.126 e. The lowest BCUT2D eigenvalue weighted by molar-refractivity contribution is 0.619. The summed E-state index contributed by atoms with van der Waals surface area (Å²) in [6, 6.07) is 5.25. The first-order chi connectivity index (χ1) is 8.20. The van der Waals surface area contributed by atoms with Gasteiger partial charge in [-0.1, -0.05) is 19.1 Å². The van der Waals surface area contributed by atoms with Crippen molar-refractivity contribution >= 4 is 11.3 Å². The fourth-order valence-electron chi connectivity index (χ4n) is 1.50. The molecule has 0 atom stereocenters. The van der Waals surface area contributed by atoms with Crippen LogP contribution < -0.4 is 5.32 Å². The predicted molar refractivity (Wildman–Crippen MR) is 69.6 cm³/mol. The van der Waals surface area contributed by atoms with Crippen molar-refractivity contribution in [2.45, 2.75) is 20.4 Å². The molecule has 0 aliphatic carbocycles. The Bertz CT molecular complexity index is 508. The number of hydrogen-bond donors (Lipinski definition) is 1. The summed E-state index contributed by atoms with van der Waals surface area (Å²) in [6.07, 6.45) is 0. The third kappa shape index (κ3) is 2.90. The molecule has 90 valence electrons. The minimum Gasteiger partial charge on any atom is -0.311 e. The third-order valence-electron chi connectivity index (χ3n) is 2.53. The van der Waals surface area contributed by atoms with E-state index in [4.69, 9.17) is 0 Å². The van der Waals surface area contributed by atoms with Gasteiger partial charge in [0.2, 0.25) is 0 Å². The van der Waals surface area contributed by atoms with E-state index in [1.165, 1.54) is 0 Å². The Morgan fingerprint density at radius 3 is 2.94 bits per heavy atom. The van der Waals surface area contributed by atoms with Crippen LogP contribution in [0, 0.1) is 12.7 Å². The van der Waals surface area contributed by atoms with Crippen LogP contribution in [0.25, 0.3) is 10.6 Å². The van der Waals surface area contributed by atoms with Gasteiger partial charge in [0.15, 0.2) is 0 Å². The van der Waals surface area contributed by atoms with E-state index < -0.39 is 0 Å². The lowest BCUT2D eigenvalue weighted by atomic mass is 10.1. The first kappa shape index (κ1) is 12.2. The average Bonchev–Trinajstić information content (AvgIpc) is 2.79. The van der Waals surface area contributed by atoms with E-state index in [1.807, 2.05) is 11.4 Å². The molecule has 0 radical (unpaired) electrons. The van der Waals surface area contributed by atoms with Crippen molar-refractivity contribution in [3.05, 3.63) is 40.7 Å². The molecule has 2 aromatic rings. The zero-order valence-electron chi connectivity index (χ0n) is 9.96. The maximum Gasteiger partial charge on any atom is 0.126 e. The first-order valence-corrected chi connectivity index (χ1v) is 6.50. The average molecular weight is 250 g/mol. The van der Waals surface area contributed by atoms with Crippen LogP contribution in [0.3, 0.4) is 0 Å². The predicted octanol–water partition coefficient (Wildman–Crippen LogP) is 3.37. The zero-order chi connectivity index (χ0) is 12.3. The van der Waals surface area contributed by atoms with Crippen LogP contribution in [-0.4, -0.2) is 11.5 Å². The van der Waals surface area contributed by atoms with Gasteiger partial charge in [0, 0.05) is 17.5 Å². The Morgan fingerprint density at radius 2 is 2.24 bits per heavy atom. The SMILES string of the molecule is CCNCc1csc(-c2ccc(C)c(F)c2)n1. The van der Waals surface area contributed by atoms with Gasteiger partial charge < -0.3 is 5.32 Å². The number of benzene rings is 1. The minimum absolute atomic E-state index is 0.175. The standard InChI is InChI=1S/C13H15FN2S/c1-3-15-7-11-8-17-13(16-11)10-5-4-9(2)12(14)6-10/h4-6,8,15H,3,7H2,1-2H3. The van der Waals surface area contributed by atoms with Gasteiger partial charge in [-0.3, -0.25) is 0 Å². The van der Waals surface area contributed by atoms with Gasteiger partial charge in [-0.2, -0.15) is 0 Å². The molecule has 0 aliphatic heterocycles. The van der Waals surface area contributed by atoms with E-state index in [0.717, 1.165) is 29.4 Å². The number of thiazole rings is 1. The molecule has 0 aliphatic rings. The topological polar surface area (TPSA) is 24.9 Å². The summed E-state index contributed by atoms with van der Waals surface area (Å²) in [5.41, 5.74) is 2.52. The van der Waals surface area contributed by atoms with Crippen molar-refractivity contribution in [2.75, 3.05) is 6.54 Å². The molecule has 2 rings (SSSR count). The number of aryl methyl sites for hydroxylation is 1. The molecular weight excluding hydrogens is 235 g/mol. The Kier molecular flexibility index (Phi) is 3.86. The van der Waals surface area contributed by atoms with Crippen molar-refractivity contribution in [1.29, 1.82) is 0 Å². The van der Waals surface area contributed by atoms with Crippen LogP contribution in [0.5, 0.6) is 0 Å². The molecule has 4 heteroatoms. The Balaban J connectivity index is 2.21. The van der Waals surface area contributed by atoms with Gasteiger partial charge in [0.1, 0.15) is 10.8 Å². The Morgan fingerprint density at radius 1 is 1.41 bits per heavy atom. The number of halogens is 1. The number of nitrogens with one attached hydrogen (secondary N) is 1. The van der Waals surface area contributed by atoms with Crippen LogP contribution in [0.2, 0.25) is 0 Å². The van der Waals surface area contributed by atoms with Crippen LogP contribution in [0.4, 0.5) is 4.39 Å². The Hall–Kier alpha value is -1.26. The van der Waals surface area contributed by atoms with E-state index >= 15 is 0 Å². The summed E-state index contributed by atoms with van der Waals surface area (Å²) in [7, 11) is 0. The largest absolute Gasteiger partial charge is 0.311 e. The highest BCUT2D eigenvalue weighted by Crippen LogP contribution is 2.25. The second-order valence-corrected chi connectivity index (χ2v) is 4.75. The maximum atomic E-state index is 13.4. The third-order valence-corrected chi connectivity index (χ3v) is 3.47. The highest BCUT2D eigenvalue weighted by molar-refractivity contribution is 7.13. The number of hydrogen-bond acceptors (Lipinski definition) is 3. The molecule has 0 amide bonds. The van der Waals surface area contributed by atoms with E-state index in [0.29, 0.717) is 5.56 Å². The molecule has 0 saturated heterocycles. The molecule has 1 heterocycles. The van der Waals surface area contributed by atoms with Crippen LogP contribution in [0.15, 0.2) is 23.6 Å². The molecule has 2 nitrogen and oxygen atoms in total. The van der Waals surface area contributed by atoms with Crippen molar-refractivity contribution in [1.82, 2.24) is 10.3 Å². The number of rotatable bonds is 4. The molecule has 17 heavy (non-hydrogen) atoms. The Labute approximate surface area is 105 Å². The van der Waals surface area contributed by atoms with E-state index in [-0.39, 0.29) is 5.82 Å². The molecule has 0 unspecified atom stereocenters. The second kappa shape index (κ2) is 5.38. The van der Waals surface area contributed by atoms with Crippen molar-refractivity contribution in [3.63, 3.8) is 0 Å². The first-order valence-electron chi connectivity index (χ1n) is 5.62. The van der Waals surface area contributed by atoms with Gasteiger partial charge in [-0.05, 0) is 25.1 Å². The molecule has 0 spiro atoms. The quantitative estimate of drug-likeness (QED) is 0.900. The monoisotopic (exact) mass is 250 g/mol. The molecule has 0 bridgehead atoms. The van der Waals surface area contributed by atoms with Crippen molar-refractivity contribution in [2.24, 2.45) is 0 Å². The summed E-state index contributed by atoms with van der Waals surface area (Å²) >= 11 is 1.55. The highest BCUT2D eigenvalue weighted by Gasteiger charge is 2.06. The molecule has 0 fully saturated rings. The summed E-state index contributed by atoms with van der Waals surface area (Å²) in [5.74, 6) is -0.175. The summed E-state index contributed by atoms with van der Waals surface area (Å²) in [4.78, 5) is 4.48. The van der Waals surface area contributed by atoms with Crippen LogP contribution in [0.1, 0.15) is 18.2 Å². The number of nitrogens with zero attached hydrogens (tertiary/aromatic N) is 1. The zero-order valence-corrected chi connectivity index (χ0v) is 10.8. The second-order valence-electron chi connectivity index (χ2n) is 3.89. The van der Waals surface area contributed by atoms with Crippen LogP contribution in [-0.2, 0) is 6.54 Å². The lowest BCUT2D eigenvalue weighted by Gasteiger charge is -1.99. The van der Waals surface area contributed by atoms with E-state index in [9.17, 15) is 4.39 Å².